The van der Waals surface area contributed by atoms with Crippen LogP contribution in [0.25, 0.3) is 0 Å². The summed E-state index contributed by atoms with van der Waals surface area (Å²) in [5, 5.41) is 7.02. The van der Waals surface area contributed by atoms with Crippen LogP contribution in [0, 0.1) is 0 Å². The highest BCUT2D eigenvalue weighted by atomic mass is 16.5. The number of hydrogen-bond donors (Lipinski definition) is 2. The van der Waals surface area contributed by atoms with Gasteiger partial charge in [-0.2, -0.15) is 0 Å². The molecule has 0 aliphatic carbocycles. The molecule has 1 heterocycles. The third-order valence-corrected chi connectivity index (χ3v) is 7.20. The molecule has 0 saturated carbocycles. The van der Waals surface area contributed by atoms with Crippen molar-refractivity contribution >= 4 is 5.91 Å². The van der Waals surface area contributed by atoms with Gasteiger partial charge in [-0.05, 0) is 55.9 Å². The summed E-state index contributed by atoms with van der Waals surface area (Å²) in [5.74, 6) is 0.934. The van der Waals surface area contributed by atoms with Crippen LogP contribution in [0.2, 0.25) is 0 Å². The molecule has 0 aromatic heterocycles. The van der Waals surface area contributed by atoms with Gasteiger partial charge in [-0.1, -0.05) is 73.2 Å². The molecule has 4 rings (SSSR count). The molecule has 3 aromatic rings. The van der Waals surface area contributed by atoms with Crippen molar-refractivity contribution < 1.29 is 9.53 Å². The summed E-state index contributed by atoms with van der Waals surface area (Å²) in [7, 11) is 1.74. The molecule has 1 fully saturated rings. The maximum Gasteiger partial charge on any atom is 0.251 e. The molecule has 1 saturated heterocycles. The van der Waals surface area contributed by atoms with Gasteiger partial charge in [0.15, 0.2) is 0 Å². The summed E-state index contributed by atoms with van der Waals surface area (Å²) in [6, 6.07) is 28.6. The maximum absolute atomic E-state index is 12.3. The first kappa shape index (κ1) is 25.9. The van der Waals surface area contributed by atoms with Crippen LogP contribution in [0.1, 0.15) is 60.0 Å². The highest BCUT2D eigenvalue weighted by Crippen LogP contribution is 2.36. The Labute approximate surface area is 215 Å². The molecule has 0 spiro atoms. The fourth-order valence-corrected chi connectivity index (χ4v) is 5.27. The maximum atomic E-state index is 12.3. The van der Waals surface area contributed by atoms with Crippen LogP contribution >= 0.6 is 0 Å². The van der Waals surface area contributed by atoms with Gasteiger partial charge in [0.05, 0.1) is 12.8 Å². The molecule has 1 aliphatic rings. The van der Waals surface area contributed by atoms with Crippen molar-refractivity contribution in [3.8, 4) is 5.75 Å². The minimum absolute atomic E-state index is 0.00950. The van der Waals surface area contributed by atoms with E-state index >= 15 is 0 Å². The number of ether oxygens (including phenoxy) is 1. The van der Waals surface area contributed by atoms with Crippen LogP contribution in [0.15, 0.2) is 84.9 Å². The van der Waals surface area contributed by atoms with E-state index in [-0.39, 0.29) is 11.6 Å². The Balaban J connectivity index is 1.36. The Bertz CT molecular complexity index is 1070. The van der Waals surface area contributed by atoms with Crippen molar-refractivity contribution in [1.82, 2.24) is 15.5 Å². The second kappa shape index (κ2) is 13.2. The van der Waals surface area contributed by atoms with Crippen molar-refractivity contribution in [2.24, 2.45) is 0 Å². The number of likely N-dealkylation sites (tertiary alicyclic amines) is 1. The monoisotopic (exact) mass is 485 g/mol. The largest absolute Gasteiger partial charge is 0.496 e. The van der Waals surface area contributed by atoms with Crippen molar-refractivity contribution in [3.63, 3.8) is 0 Å². The number of para-hydroxylation sites is 1. The number of rotatable bonds is 12. The third kappa shape index (κ3) is 6.54. The van der Waals surface area contributed by atoms with Gasteiger partial charge < -0.3 is 10.1 Å². The summed E-state index contributed by atoms with van der Waals surface area (Å²) in [6.45, 7) is 3.57. The fraction of sp³-hybridized carbons (Fsp3) is 0.387. The van der Waals surface area contributed by atoms with Crippen LogP contribution in [-0.4, -0.2) is 37.6 Å². The van der Waals surface area contributed by atoms with Gasteiger partial charge in [-0.25, -0.2) is 0 Å². The van der Waals surface area contributed by atoms with E-state index in [1.54, 1.807) is 7.11 Å². The number of carbonyl (C=O) groups is 1. The molecular weight excluding hydrogens is 446 g/mol. The Hall–Kier alpha value is -3.15. The van der Waals surface area contributed by atoms with E-state index in [1.165, 1.54) is 24.0 Å². The van der Waals surface area contributed by atoms with E-state index in [0.29, 0.717) is 6.54 Å². The summed E-state index contributed by atoms with van der Waals surface area (Å²) < 4.78 is 5.61. The molecule has 190 valence electrons. The number of nitrogens with one attached hydrogen (secondary N) is 2. The predicted octanol–water partition coefficient (Wildman–Crippen LogP) is 5.72. The minimum atomic E-state index is -0.193. The molecule has 5 nitrogen and oxygen atoms in total. The Morgan fingerprint density at radius 3 is 2.39 bits per heavy atom. The number of amides is 1. The van der Waals surface area contributed by atoms with Gasteiger partial charge in [0.1, 0.15) is 5.75 Å². The topological polar surface area (TPSA) is 53.6 Å². The Morgan fingerprint density at radius 1 is 0.889 bits per heavy atom. The van der Waals surface area contributed by atoms with Gasteiger partial charge in [0, 0.05) is 37.3 Å². The van der Waals surface area contributed by atoms with E-state index in [9.17, 15) is 4.79 Å². The van der Waals surface area contributed by atoms with Gasteiger partial charge in [0.25, 0.3) is 5.91 Å². The zero-order valence-electron chi connectivity index (χ0n) is 21.4. The number of nitrogens with zero attached hydrogens (tertiary/aromatic N) is 1. The Morgan fingerprint density at radius 2 is 1.61 bits per heavy atom. The van der Waals surface area contributed by atoms with Crippen LogP contribution in [0.3, 0.4) is 0 Å². The lowest BCUT2D eigenvalue weighted by atomic mass is 9.87. The molecule has 2 N–H and O–H groups in total. The normalized spacial score (nSPS) is 18.0. The molecule has 0 radical (unpaired) electrons. The highest BCUT2D eigenvalue weighted by molar-refractivity contribution is 5.94. The molecular formula is C31H39N3O2. The number of methoxy groups -OCH3 is 1. The van der Waals surface area contributed by atoms with E-state index in [1.807, 2.05) is 42.5 Å². The van der Waals surface area contributed by atoms with E-state index < -0.39 is 0 Å². The second-order valence-electron chi connectivity index (χ2n) is 9.52. The first-order valence-electron chi connectivity index (χ1n) is 13.2. The quantitative estimate of drug-likeness (QED) is 0.322. The second-order valence-corrected chi connectivity index (χ2v) is 9.52. The summed E-state index contributed by atoms with van der Waals surface area (Å²) in [5.41, 5.74) is 3.03. The lowest BCUT2D eigenvalue weighted by Gasteiger charge is -2.48. The number of piperidine rings is 1. The standard InChI is InChI=1S/C31H39N3O2/c1-36-29-20-10-9-17-27(29)25-33-31(28-18-7-3-8-19-28)21-11-14-24-34(31)23-13-4-12-22-32-30(35)26-15-5-2-6-16-26/h2-3,5-10,15-20,33H,4,11-14,21-25H2,1H3,(H,32,35)/t31-/m0/s1. The van der Waals surface area contributed by atoms with Crippen LogP contribution in [0.5, 0.6) is 5.75 Å². The smallest absolute Gasteiger partial charge is 0.251 e. The lowest BCUT2D eigenvalue weighted by Crippen LogP contribution is -2.58. The number of unbranched alkanes of at least 4 members (excludes halogenated alkanes) is 2. The molecule has 36 heavy (non-hydrogen) atoms. The molecule has 3 aromatic carbocycles. The van der Waals surface area contributed by atoms with Crippen molar-refractivity contribution in [3.05, 3.63) is 102 Å². The van der Waals surface area contributed by atoms with Crippen molar-refractivity contribution in [1.29, 1.82) is 0 Å². The van der Waals surface area contributed by atoms with Crippen LogP contribution in [-0.2, 0) is 12.2 Å². The van der Waals surface area contributed by atoms with Crippen molar-refractivity contribution in [2.75, 3.05) is 26.7 Å². The zero-order chi connectivity index (χ0) is 25.1. The average molecular weight is 486 g/mol. The summed E-state index contributed by atoms with van der Waals surface area (Å²) >= 11 is 0. The zero-order valence-corrected chi connectivity index (χ0v) is 21.4. The van der Waals surface area contributed by atoms with Gasteiger partial charge in [-0.3, -0.25) is 15.0 Å². The average Bonchev–Trinajstić information content (AvgIpc) is 2.95. The molecule has 1 atom stereocenters. The van der Waals surface area contributed by atoms with E-state index in [4.69, 9.17) is 4.74 Å². The van der Waals surface area contributed by atoms with Gasteiger partial charge >= 0.3 is 0 Å². The third-order valence-electron chi connectivity index (χ3n) is 7.20. The van der Waals surface area contributed by atoms with Crippen LogP contribution in [0.4, 0.5) is 0 Å². The summed E-state index contributed by atoms with van der Waals surface area (Å²) in [4.78, 5) is 14.9. The minimum Gasteiger partial charge on any atom is -0.496 e. The number of benzene rings is 3. The van der Waals surface area contributed by atoms with Crippen LogP contribution < -0.4 is 15.4 Å². The molecule has 0 unspecified atom stereocenters. The van der Waals surface area contributed by atoms with E-state index in [2.05, 4.69) is 58.0 Å². The molecule has 0 bridgehead atoms. The highest BCUT2D eigenvalue weighted by Gasteiger charge is 2.39. The molecule has 5 heteroatoms. The number of hydrogen-bond acceptors (Lipinski definition) is 4. The molecule has 1 aliphatic heterocycles. The van der Waals surface area contributed by atoms with Gasteiger partial charge in [-0.15, -0.1) is 0 Å². The van der Waals surface area contributed by atoms with E-state index in [0.717, 1.165) is 56.6 Å². The Kier molecular flexibility index (Phi) is 9.54. The first-order valence-corrected chi connectivity index (χ1v) is 13.2. The molecule has 1 amide bonds. The number of carbonyl (C=O) groups excluding carboxylic acids is 1. The fourth-order valence-electron chi connectivity index (χ4n) is 5.27. The first-order chi connectivity index (χ1) is 17.7. The SMILES string of the molecule is COc1ccccc1CN[C@@]1(c2ccccc2)CCCCN1CCCCCNC(=O)c1ccccc1. The predicted molar refractivity (Wildman–Crippen MR) is 146 cm³/mol. The van der Waals surface area contributed by atoms with Crippen molar-refractivity contribution in [2.45, 2.75) is 50.7 Å². The lowest BCUT2D eigenvalue weighted by molar-refractivity contribution is 0.00938. The van der Waals surface area contributed by atoms with Gasteiger partial charge in [0.2, 0.25) is 0 Å². The summed E-state index contributed by atoms with van der Waals surface area (Å²) in [6.07, 6.45) is 6.68.